The summed E-state index contributed by atoms with van der Waals surface area (Å²) in [4.78, 5) is 16.2. The van der Waals surface area contributed by atoms with E-state index >= 15 is 0 Å². The number of carbonyl (C=O) groups is 1. The number of benzene rings is 1. The topological polar surface area (TPSA) is 43.8 Å². The Kier molecular flexibility index (Phi) is 5.46. The van der Waals surface area contributed by atoms with E-state index in [1.165, 1.54) is 5.69 Å². The van der Waals surface area contributed by atoms with Gasteiger partial charge in [0.05, 0.1) is 5.92 Å². The first-order chi connectivity index (χ1) is 10.5. The molecule has 4 nitrogen and oxygen atoms in total. The van der Waals surface area contributed by atoms with Crippen LogP contribution in [0.15, 0.2) is 24.3 Å². The molecule has 1 aliphatic heterocycles. The highest BCUT2D eigenvalue weighted by Gasteiger charge is 2.39. The van der Waals surface area contributed by atoms with Gasteiger partial charge in [0.1, 0.15) is 0 Å². The normalized spacial score (nSPS) is 22.2. The molecule has 22 heavy (non-hydrogen) atoms. The van der Waals surface area contributed by atoms with Crippen LogP contribution in [0.1, 0.15) is 39.2 Å². The number of carboxylic acid groups (broad SMARTS) is 1. The van der Waals surface area contributed by atoms with Gasteiger partial charge in [0.2, 0.25) is 0 Å². The summed E-state index contributed by atoms with van der Waals surface area (Å²) in [5.74, 6) is -0.895. The number of anilines is 1. The average molecular weight is 304 g/mol. The molecule has 0 spiro atoms. The summed E-state index contributed by atoms with van der Waals surface area (Å²) in [6.07, 6.45) is 0. The van der Waals surface area contributed by atoms with Gasteiger partial charge in [-0.25, -0.2) is 0 Å². The molecule has 0 bridgehead atoms. The minimum atomic E-state index is -0.680. The monoisotopic (exact) mass is 304 g/mol. The van der Waals surface area contributed by atoms with Crippen molar-refractivity contribution in [2.75, 3.05) is 31.1 Å². The highest BCUT2D eigenvalue weighted by molar-refractivity contribution is 5.72. The summed E-state index contributed by atoms with van der Waals surface area (Å²) >= 11 is 0. The molecule has 2 atom stereocenters. The fourth-order valence-electron chi connectivity index (χ4n) is 3.36. The minimum absolute atomic E-state index is 0.0886. The molecular formula is C18H28N2O2. The van der Waals surface area contributed by atoms with Crippen molar-refractivity contribution in [3.05, 3.63) is 29.8 Å². The SMILES string of the molecule is CCN(CC)c1ccc(C2CN(C(C)C)CC2C(=O)O)cc1. The fraction of sp³-hybridized carbons (Fsp3) is 0.611. The summed E-state index contributed by atoms with van der Waals surface area (Å²) in [6.45, 7) is 12.0. The smallest absolute Gasteiger partial charge is 0.308 e. The van der Waals surface area contributed by atoms with E-state index in [1.54, 1.807) is 0 Å². The van der Waals surface area contributed by atoms with Crippen molar-refractivity contribution in [2.24, 2.45) is 5.92 Å². The molecule has 0 aliphatic carbocycles. The lowest BCUT2D eigenvalue weighted by Crippen LogP contribution is -2.29. The van der Waals surface area contributed by atoms with Crippen LogP contribution >= 0.6 is 0 Å². The third-order valence-electron chi connectivity index (χ3n) is 4.85. The van der Waals surface area contributed by atoms with Gasteiger partial charge in [0, 0.05) is 43.8 Å². The third-order valence-corrected chi connectivity index (χ3v) is 4.85. The molecule has 1 fully saturated rings. The lowest BCUT2D eigenvalue weighted by Gasteiger charge is -2.22. The second kappa shape index (κ2) is 7.14. The Balaban J connectivity index is 2.20. The molecule has 2 unspecified atom stereocenters. The first kappa shape index (κ1) is 16.8. The highest BCUT2D eigenvalue weighted by atomic mass is 16.4. The molecule has 1 aromatic rings. The van der Waals surface area contributed by atoms with Gasteiger partial charge in [-0.1, -0.05) is 12.1 Å². The number of likely N-dealkylation sites (tertiary alicyclic amines) is 1. The summed E-state index contributed by atoms with van der Waals surface area (Å²) in [6, 6.07) is 8.86. The number of carboxylic acids is 1. The summed E-state index contributed by atoms with van der Waals surface area (Å²) in [5.41, 5.74) is 2.35. The Hall–Kier alpha value is -1.55. The Morgan fingerprint density at radius 1 is 1.23 bits per heavy atom. The Morgan fingerprint density at radius 3 is 2.27 bits per heavy atom. The number of nitrogens with zero attached hydrogens (tertiary/aromatic N) is 2. The van der Waals surface area contributed by atoms with Crippen LogP contribution in [-0.4, -0.2) is 48.2 Å². The Labute approximate surface area is 133 Å². The summed E-state index contributed by atoms with van der Waals surface area (Å²) < 4.78 is 0. The van der Waals surface area contributed by atoms with E-state index in [0.717, 1.165) is 25.2 Å². The van der Waals surface area contributed by atoms with Crippen molar-refractivity contribution in [2.45, 2.75) is 39.7 Å². The number of hydrogen-bond acceptors (Lipinski definition) is 3. The van der Waals surface area contributed by atoms with E-state index < -0.39 is 5.97 Å². The highest BCUT2D eigenvalue weighted by Crippen LogP contribution is 2.34. The van der Waals surface area contributed by atoms with Crippen LogP contribution < -0.4 is 4.90 Å². The van der Waals surface area contributed by atoms with E-state index in [-0.39, 0.29) is 11.8 Å². The Bertz CT molecular complexity index is 494. The summed E-state index contributed by atoms with van der Waals surface area (Å²) in [7, 11) is 0. The first-order valence-corrected chi connectivity index (χ1v) is 8.29. The van der Waals surface area contributed by atoms with Gasteiger partial charge in [0.15, 0.2) is 0 Å². The molecule has 1 saturated heterocycles. The van der Waals surface area contributed by atoms with E-state index in [2.05, 4.69) is 61.8 Å². The molecule has 0 aromatic heterocycles. The van der Waals surface area contributed by atoms with Gasteiger partial charge in [-0.05, 0) is 45.4 Å². The minimum Gasteiger partial charge on any atom is -0.481 e. The second-order valence-corrected chi connectivity index (χ2v) is 6.36. The molecule has 2 rings (SSSR count). The van der Waals surface area contributed by atoms with Crippen molar-refractivity contribution in [3.63, 3.8) is 0 Å². The largest absolute Gasteiger partial charge is 0.481 e. The van der Waals surface area contributed by atoms with Gasteiger partial charge in [-0.15, -0.1) is 0 Å². The van der Waals surface area contributed by atoms with E-state index in [1.807, 2.05) is 0 Å². The van der Waals surface area contributed by atoms with Gasteiger partial charge in [-0.2, -0.15) is 0 Å². The average Bonchev–Trinajstić information content (AvgIpc) is 2.95. The predicted octanol–water partition coefficient (Wildman–Crippen LogP) is 3.04. The van der Waals surface area contributed by atoms with E-state index in [9.17, 15) is 9.90 Å². The molecule has 4 heteroatoms. The standard InChI is InChI=1S/C18H28N2O2/c1-5-19(6-2)15-9-7-14(8-10-15)16-11-20(13(3)4)12-17(16)18(21)22/h7-10,13,16-17H,5-6,11-12H2,1-4H3,(H,21,22). The predicted molar refractivity (Wildman–Crippen MR) is 90.6 cm³/mol. The molecular weight excluding hydrogens is 276 g/mol. The van der Waals surface area contributed by atoms with Gasteiger partial charge in [0.25, 0.3) is 0 Å². The van der Waals surface area contributed by atoms with Crippen LogP contribution in [-0.2, 0) is 4.79 Å². The lowest BCUT2D eigenvalue weighted by atomic mass is 9.89. The fourth-order valence-corrected chi connectivity index (χ4v) is 3.36. The van der Waals surface area contributed by atoms with Crippen molar-refractivity contribution in [1.29, 1.82) is 0 Å². The first-order valence-electron chi connectivity index (χ1n) is 8.29. The molecule has 122 valence electrons. The molecule has 0 radical (unpaired) electrons. The van der Waals surface area contributed by atoms with E-state index in [4.69, 9.17) is 0 Å². The van der Waals surface area contributed by atoms with Crippen molar-refractivity contribution >= 4 is 11.7 Å². The van der Waals surface area contributed by atoms with Crippen LogP contribution in [0, 0.1) is 5.92 Å². The van der Waals surface area contributed by atoms with Crippen molar-refractivity contribution in [1.82, 2.24) is 4.90 Å². The van der Waals surface area contributed by atoms with Crippen LogP contribution in [0.3, 0.4) is 0 Å². The molecule has 1 aromatic carbocycles. The zero-order valence-corrected chi connectivity index (χ0v) is 14.1. The maximum absolute atomic E-state index is 11.6. The molecule has 0 amide bonds. The number of hydrogen-bond donors (Lipinski definition) is 1. The van der Waals surface area contributed by atoms with Gasteiger partial charge < -0.3 is 10.0 Å². The maximum atomic E-state index is 11.6. The van der Waals surface area contributed by atoms with Crippen LogP contribution in [0.5, 0.6) is 0 Å². The second-order valence-electron chi connectivity index (χ2n) is 6.36. The lowest BCUT2D eigenvalue weighted by molar-refractivity contribution is -0.141. The quantitative estimate of drug-likeness (QED) is 0.877. The zero-order chi connectivity index (χ0) is 16.3. The third kappa shape index (κ3) is 3.43. The number of rotatable bonds is 6. The van der Waals surface area contributed by atoms with Gasteiger partial charge in [-0.3, -0.25) is 9.69 Å². The summed E-state index contributed by atoms with van der Waals surface area (Å²) in [5, 5.41) is 9.53. The van der Waals surface area contributed by atoms with Gasteiger partial charge >= 0.3 is 5.97 Å². The van der Waals surface area contributed by atoms with Crippen LogP contribution in [0.25, 0.3) is 0 Å². The molecule has 1 aliphatic rings. The molecule has 1 heterocycles. The van der Waals surface area contributed by atoms with Crippen molar-refractivity contribution < 1.29 is 9.90 Å². The van der Waals surface area contributed by atoms with E-state index in [0.29, 0.717) is 12.6 Å². The molecule has 0 saturated carbocycles. The molecule has 1 N–H and O–H groups in total. The van der Waals surface area contributed by atoms with Crippen LogP contribution in [0.4, 0.5) is 5.69 Å². The Morgan fingerprint density at radius 2 is 1.82 bits per heavy atom. The van der Waals surface area contributed by atoms with Crippen molar-refractivity contribution in [3.8, 4) is 0 Å². The maximum Gasteiger partial charge on any atom is 0.308 e. The van der Waals surface area contributed by atoms with Crippen LogP contribution in [0.2, 0.25) is 0 Å². The number of aliphatic carboxylic acids is 1. The zero-order valence-electron chi connectivity index (χ0n) is 14.1.